The molecule has 12 nitrogen and oxygen atoms in total. The minimum atomic E-state index is -0.740. The first-order valence-electron chi connectivity index (χ1n) is 20.0. The second kappa shape index (κ2) is 14.2. The second-order valence-corrected chi connectivity index (χ2v) is 17.2. The molecular formula is C43H45FN8O4S. The van der Waals surface area contributed by atoms with E-state index in [1.807, 2.05) is 26.1 Å². The molecule has 0 bridgehead atoms. The number of hydrogen-bond donors (Lipinski definition) is 4. The molecule has 2 saturated heterocycles. The number of alkyl carbamates (subject to hydrolysis) is 1. The maximum Gasteiger partial charge on any atom is 0.407 e. The van der Waals surface area contributed by atoms with Gasteiger partial charge in [0.25, 0.3) is 0 Å². The molecule has 0 spiro atoms. The van der Waals surface area contributed by atoms with Crippen molar-refractivity contribution >= 4 is 34.2 Å². The molecule has 3 fully saturated rings. The number of nitrogens with zero attached hydrogens (tertiary/aromatic N) is 4. The van der Waals surface area contributed by atoms with Crippen molar-refractivity contribution in [3.05, 3.63) is 88.1 Å². The minimum absolute atomic E-state index is 0.147. The quantitative estimate of drug-likeness (QED) is 0.115. The van der Waals surface area contributed by atoms with Crippen LogP contribution in [-0.2, 0) is 9.53 Å². The number of carbonyl (C=O) groups excluding carboxylic acids is 2. The molecule has 294 valence electrons. The van der Waals surface area contributed by atoms with Crippen LogP contribution in [0.5, 0.6) is 5.75 Å². The molecule has 1 unspecified atom stereocenters. The number of methoxy groups -OCH3 is 1. The number of amides is 2. The van der Waals surface area contributed by atoms with Gasteiger partial charge in [-0.3, -0.25) is 9.36 Å². The fourth-order valence-corrected chi connectivity index (χ4v) is 9.99. The predicted molar refractivity (Wildman–Crippen MR) is 215 cm³/mol. The van der Waals surface area contributed by atoms with Crippen LogP contribution < -0.4 is 15.4 Å². The minimum Gasteiger partial charge on any atom is -0.464 e. The Morgan fingerprint density at radius 1 is 1.02 bits per heavy atom. The average Bonchev–Trinajstić information content (AvgIpc) is 3.94. The molecule has 4 aromatic heterocycles. The van der Waals surface area contributed by atoms with E-state index in [-0.39, 0.29) is 23.9 Å². The third-order valence-electron chi connectivity index (χ3n) is 11.9. The van der Waals surface area contributed by atoms with Crippen molar-refractivity contribution in [3.8, 4) is 39.5 Å². The van der Waals surface area contributed by atoms with Crippen LogP contribution >= 0.6 is 11.3 Å². The highest BCUT2D eigenvalue weighted by molar-refractivity contribution is 7.12. The number of hydrogen-bond acceptors (Lipinski definition) is 8. The maximum absolute atomic E-state index is 16.7. The third kappa shape index (κ3) is 6.38. The summed E-state index contributed by atoms with van der Waals surface area (Å²) in [7, 11) is 1.28. The Kier molecular flexibility index (Phi) is 8.93. The van der Waals surface area contributed by atoms with Crippen LogP contribution in [0.1, 0.15) is 98.0 Å². The molecule has 14 heteroatoms. The van der Waals surface area contributed by atoms with Crippen LogP contribution in [0.3, 0.4) is 0 Å². The van der Waals surface area contributed by atoms with Gasteiger partial charge in [-0.15, -0.1) is 11.3 Å². The number of aromatic nitrogens is 5. The number of rotatable bonds is 9. The number of ether oxygens (including phenoxy) is 2. The molecule has 4 N–H and O–H groups in total. The molecule has 10 rings (SSSR count). The molecule has 57 heavy (non-hydrogen) atoms. The van der Waals surface area contributed by atoms with Gasteiger partial charge in [0.15, 0.2) is 0 Å². The Bertz CT molecular complexity index is 2510. The van der Waals surface area contributed by atoms with Gasteiger partial charge in [0.1, 0.15) is 29.3 Å². The molecule has 4 aliphatic rings. The number of aromatic amines is 2. The van der Waals surface area contributed by atoms with E-state index >= 15 is 4.39 Å². The van der Waals surface area contributed by atoms with E-state index in [2.05, 4.69) is 61.6 Å². The Labute approximate surface area is 333 Å². The Morgan fingerprint density at radius 3 is 2.67 bits per heavy atom. The van der Waals surface area contributed by atoms with Crippen molar-refractivity contribution < 1.29 is 23.5 Å². The van der Waals surface area contributed by atoms with E-state index in [1.54, 1.807) is 22.4 Å². The summed E-state index contributed by atoms with van der Waals surface area (Å²) >= 11 is 1.77. The summed E-state index contributed by atoms with van der Waals surface area (Å²) in [5.41, 5.74) is 5.20. The Hall–Kier alpha value is -5.47. The number of fused-ring (bicyclic) bond motifs is 5. The van der Waals surface area contributed by atoms with Crippen LogP contribution in [0.2, 0.25) is 0 Å². The van der Waals surface area contributed by atoms with E-state index in [0.717, 1.165) is 64.4 Å². The number of halogens is 1. The van der Waals surface area contributed by atoms with Crippen LogP contribution in [0.15, 0.2) is 60.9 Å². The number of carbonyl (C=O) groups is 2. The zero-order valence-electron chi connectivity index (χ0n) is 32.1. The smallest absolute Gasteiger partial charge is 0.407 e. The molecular weight excluding hydrogens is 744 g/mol. The number of H-pyrrole nitrogens is 2. The Morgan fingerprint density at radius 2 is 1.88 bits per heavy atom. The number of benzene rings is 2. The van der Waals surface area contributed by atoms with Crippen molar-refractivity contribution in [3.63, 3.8) is 0 Å². The van der Waals surface area contributed by atoms with Gasteiger partial charge >= 0.3 is 6.09 Å². The average molecular weight is 789 g/mol. The lowest BCUT2D eigenvalue weighted by atomic mass is 10.0. The van der Waals surface area contributed by atoms with Gasteiger partial charge in [0, 0.05) is 34.1 Å². The first-order valence-corrected chi connectivity index (χ1v) is 20.8. The summed E-state index contributed by atoms with van der Waals surface area (Å²) in [6.45, 7) is 5.31. The number of nitrogens with one attached hydrogen (secondary N) is 4. The molecule has 7 heterocycles. The van der Waals surface area contributed by atoms with E-state index in [1.165, 1.54) is 30.9 Å². The SMILES string of the molecule is COC(=O)N[C@H](C(=O)N1CCC[C@H]1c1nc(-c2cc(F)c3c(c2)OC(c2ccc(C4CC4)s2)n2c-3cc3cc(-c4cnc([C@@H]5CCCN5)[nH]4)ccc32)c[nH]1)C(C)C. The normalized spacial score (nSPS) is 20.8. The lowest BCUT2D eigenvalue weighted by Crippen LogP contribution is -2.51. The van der Waals surface area contributed by atoms with Gasteiger partial charge in [0.05, 0.1) is 58.4 Å². The monoisotopic (exact) mass is 788 g/mol. The molecule has 6 aromatic rings. The third-order valence-corrected chi connectivity index (χ3v) is 13.2. The topological polar surface area (TPSA) is 142 Å². The Balaban J connectivity index is 0.999. The van der Waals surface area contributed by atoms with Crippen molar-refractivity contribution in [2.45, 2.75) is 82.6 Å². The first kappa shape index (κ1) is 35.9. The number of thiophene rings is 1. The standard InChI is InChI=1S/C43H45FN8O4S/c1-22(2)38(50-43(54)55-3)41(53)51-15-5-7-32(51)40-47-21-30(49-40)25-17-27(44)37-33-18-26-16-24(29-20-46-39(48-29)28-6-4-14-45-28)10-11-31(26)52(33)42(56-34(37)19-25)36-13-12-35(57-36)23-8-9-23/h10-13,16-23,28,32,38,42,45H,4-9,14-15H2,1-3H3,(H,46,48)(H,47,49)(H,50,54)/t28-,32-,38-,42?/m0/s1. The summed E-state index contributed by atoms with van der Waals surface area (Å²) in [6.07, 6.45) is 8.63. The summed E-state index contributed by atoms with van der Waals surface area (Å²) < 4.78 is 30.5. The molecule has 4 atom stereocenters. The second-order valence-electron chi connectivity index (χ2n) is 16.0. The van der Waals surface area contributed by atoms with Crippen molar-refractivity contribution in [2.75, 3.05) is 20.2 Å². The lowest BCUT2D eigenvalue weighted by Gasteiger charge is -2.30. The molecule has 3 aliphatic heterocycles. The number of likely N-dealkylation sites (tertiary alicyclic amines) is 1. The first-order chi connectivity index (χ1) is 27.7. The zero-order chi connectivity index (χ0) is 38.9. The van der Waals surface area contributed by atoms with Gasteiger partial charge in [-0.1, -0.05) is 19.9 Å². The van der Waals surface area contributed by atoms with Gasteiger partial charge in [-0.25, -0.2) is 19.2 Å². The van der Waals surface area contributed by atoms with E-state index in [9.17, 15) is 9.59 Å². The molecule has 1 saturated carbocycles. The van der Waals surface area contributed by atoms with E-state index < -0.39 is 24.2 Å². The predicted octanol–water partition coefficient (Wildman–Crippen LogP) is 8.57. The maximum atomic E-state index is 16.7. The highest BCUT2D eigenvalue weighted by Gasteiger charge is 2.38. The highest BCUT2D eigenvalue weighted by atomic mass is 32.1. The van der Waals surface area contributed by atoms with Crippen LogP contribution in [0.4, 0.5) is 9.18 Å². The summed E-state index contributed by atoms with van der Waals surface area (Å²) in [5.74, 6) is 1.87. The van der Waals surface area contributed by atoms with E-state index in [0.29, 0.717) is 47.3 Å². The molecule has 2 aromatic carbocycles. The molecule has 0 radical (unpaired) electrons. The van der Waals surface area contributed by atoms with Crippen molar-refractivity contribution in [1.82, 2.24) is 40.0 Å². The van der Waals surface area contributed by atoms with Crippen molar-refractivity contribution in [1.29, 1.82) is 0 Å². The zero-order valence-corrected chi connectivity index (χ0v) is 32.9. The lowest BCUT2D eigenvalue weighted by molar-refractivity contribution is -0.135. The van der Waals surface area contributed by atoms with Gasteiger partial charge < -0.3 is 35.0 Å². The van der Waals surface area contributed by atoms with Crippen LogP contribution in [0.25, 0.3) is 44.7 Å². The van der Waals surface area contributed by atoms with Crippen LogP contribution in [0, 0.1) is 11.7 Å². The largest absolute Gasteiger partial charge is 0.464 e. The van der Waals surface area contributed by atoms with E-state index in [4.69, 9.17) is 19.4 Å². The van der Waals surface area contributed by atoms with Gasteiger partial charge in [0.2, 0.25) is 12.1 Å². The molecule has 2 amide bonds. The fraction of sp³-hybridized carbons (Fsp3) is 0.395. The summed E-state index contributed by atoms with van der Waals surface area (Å²) in [5, 5.41) is 7.19. The van der Waals surface area contributed by atoms with Crippen molar-refractivity contribution in [2.24, 2.45) is 5.92 Å². The fourth-order valence-electron chi connectivity index (χ4n) is 8.79. The highest BCUT2D eigenvalue weighted by Crippen LogP contribution is 2.50. The summed E-state index contributed by atoms with van der Waals surface area (Å²) in [4.78, 5) is 46.4. The van der Waals surface area contributed by atoms with Crippen LogP contribution in [-0.4, -0.2) is 67.6 Å². The summed E-state index contributed by atoms with van der Waals surface area (Å²) in [6, 6.07) is 15.4. The van der Waals surface area contributed by atoms with Gasteiger partial charge in [-0.05, 0) is 99.4 Å². The number of imidazole rings is 2. The van der Waals surface area contributed by atoms with Gasteiger partial charge in [-0.2, -0.15) is 0 Å². The molecule has 1 aliphatic carbocycles.